The number of likely N-dealkylation sites (N-methyl/N-ethyl adjacent to an activating group) is 1. The zero-order chi connectivity index (χ0) is 15.5. The average molecular weight is 282 g/mol. The molecule has 2 aromatic rings. The van der Waals surface area contributed by atoms with Crippen molar-refractivity contribution in [3.63, 3.8) is 0 Å². The van der Waals surface area contributed by atoms with Gasteiger partial charge in [0.05, 0.1) is 0 Å². The van der Waals surface area contributed by atoms with Gasteiger partial charge in [0.2, 0.25) is 0 Å². The molecule has 0 aliphatic heterocycles. The minimum atomic E-state index is 0.102. The molecule has 0 aromatic heterocycles. The number of rotatable bonds is 5. The summed E-state index contributed by atoms with van der Waals surface area (Å²) in [6.07, 6.45) is 0. The molecule has 0 heterocycles. The lowest BCUT2D eigenvalue weighted by molar-refractivity contribution is 0.260. The topological polar surface area (TPSA) is 29.3 Å². The fraction of sp³-hybridized carbons (Fsp3) is 0.368. The standard InChI is InChI=1S/C19H26N2/c1-15-7-5-6-8-16(15)13-21(4)14-19(2,3)17-9-11-18(20)12-10-17/h5-12H,13-14,20H2,1-4H3. The van der Waals surface area contributed by atoms with Gasteiger partial charge in [-0.2, -0.15) is 0 Å². The van der Waals surface area contributed by atoms with E-state index in [1.807, 2.05) is 12.1 Å². The van der Waals surface area contributed by atoms with Crippen LogP contribution in [-0.4, -0.2) is 18.5 Å². The minimum Gasteiger partial charge on any atom is -0.399 e. The van der Waals surface area contributed by atoms with Crippen LogP contribution in [0.4, 0.5) is 5.69 Å². The number of hydrogen-bond acceptors (Lipinski definition) is 2. The number of aryl methyl sites for hydroxylation is 1. The highest BCUT2D eigenvalue weighted by Crippen LogP contribution is 2.25. The molecule has 112 valence electrons. The van der Waals surface area contributed by atoms with Crippen LogP contribution in [-0.2, 0) is 12.0 Å². The summed E-state index contributed by atoms with van der Waals surface area (Å²) in [6, 6.07) is 16.8. The summed E-state index contributed by atoms with van der Waals surface area (Å²) in [5.41, 5.74) is 10.8. The summed E-state index contributed by atoms with van der Waals surface area (Å²) < 4.78 is 0. The summed E-state index contributed by atoms with van der Waals surface area (Å²) >= 11 is 0. The van der Waals surface area contributed by atoms with E-state index in [2.05, 4.69) is 69.1 Å². The Hall–Kier alpha value is -1.80. The van der Waals surface area contributed by atoms with Crippen LogP contribution in [0.1, 0.15) is 30.5 Å². The van der Waals surface area contributed by atoms with E-state index in [4.69, 9.17) is 5.73 Å². The average Bonchev–Trinajstić information content (AvgIpc) is 2.41. The molecule has 0 saturated heterocycles. The first-order chi connectivity index (χ1) is 9.88. The second-order valence-corrected chi connectivity index (χ2v) is 6.60. The number of benzene rings is 2. The van der Waals surface area contributed by atoms with Crippen molar-refractivity contribution in [2.75, 3.05) is 19.3 Å². The highest BCUT2D eigenvalue weighted by Gasteiger charge is 2.22. The molecule has 0 radical (unpaired) electrons. The van der Waals surface area contributed by atoms with Crippen LogP contribution in [0.3, 0.4) is 0 Å². The molecule has 0 spiro atoms. The van der Waals surface area contributed by atoms with Crippen molar-refractivity contribution >= 4 is 5.69 Å². The monoisotopic (exact) mass is 282 g/mol. The first kappa shape index (κ1) is 15.6. The molecule has 21 heavy (non-hydrogen) atoms. The quantitative estimate of drug-likeness (QED) is 0.840. The smallest absolute Gasteiger partial charge is 0.0314 e. The lowest BCUT2D eigenvalue weighted by Crippen LogP contribution is -2.34. The zero-order valence-corrected chi connectivity index (χ0v) is 13.6. The van der Waals surface area contributed by atoms with Crippen molar-refractivity contribution in [3.8, 4) is 0 Å². The van der Waals surface area contributed by atoms with Gasteiger partial charge >= 0.3 is 0 Å². The lowest BCUT2D eigenvalue weighted by atomic mass is 9.84. The third-order valence-electron chi connectivity index (χ3n) is 4.06. The van der Waals surface area contributed by atoms with Crippen LogP contribution in [0.25, 0.3) is 0 Å². The normalized spacial score (nSPS) is 11.9. The van der Waals surface area contributed by atoms with Crippen LogP contribution in [0.15, 0.2) is 48.5 Å². The maximum atomic E-state index is 5.78. The zero-order valence-electron chi connectivity index (χ0n) is 13.6. The fourth-order valence-electron chi connectivity index (χ4n) is 2.83. The Balaban J connectivity index is 2.06. The van der Waals surface area contributed by atoms with Gasteiger partial charge in [-0.15, -0.1) is 0 Å². The molecule has 2 rings (SSSR count). The van der Waals surface area contributed by atoms with Crippen molar-refractivity contribution in [2.24, 2.45) is 0 Å². The number of hydrogen-bond donors (Lipinski definition) is 1. The summed E-state index contributed by atoms with van der Waals surface area (Å²) in [7, 11) is 2.19. The molecular weight excluding hydrogens is 256 g/mol. The van der Waals surface area contributed by atoms with Gasteiger partial charge in [0, 0.05) is 24.2 Å². The van der Waals surface area contributed by atoms with Crippen LogP contribution < -0.4 is 5.73 Å². The Bertz CT molecular complexity index is 585. The van der Waals surface area contributed by atoms with Crippen molar-refractivity contribution in [2.45, 2.75) is 32.7 Å². The molecule has 0 unspecified atom stereocenters. The summed E-state index contributed by atoms with van der Waals surface area (Å²) in [5.74, 6) is 0. The van der Waals surface area contributed by atoms with E-state index in [9.17, 15) is 0 Å². The van der Waals surface area contributed by atoms with Gasteiger partial charge in [0.15, 0.2) is 0 Å². The van der Waals surface area contributed by atoms with Gasteiger partial charge in [-0.25, -0.2) is 0 Å². The molecule has 0 aliphatic carbocycles. The van der Waals surface area contributed by atoms with Crippen LogP contribution >= 0.6 is 0 Å². The molecule has 0 amide bonds. The van der Waals surface area contributed by atoms with Crippen LogP contribution in [0.5, 0.6) is 0 Å². The summed E-state index contributed by atoms with van der Waals surface area (Å²) in [4.78, 5) is 2.39. The predicted molar refractivity (Wildman–Crippen MR) is 91.4 cm³/mol. The first-order valence-corrected chi connectivity index (χ1v) is 7.47. The van der Waals surface area contributed by atoms with Crippen LogP contribution in [0.2, 0.25) is 0 Å². The largest absolute Gasteiger partial charge is 0.399 e. The van der Waals surface area contributed by atoms with E-state index in [1.165, 1.54) is 16.7 Å². The maximum Gasteiger partial charge on any atom is 0.0314 e. The van der Waals surface area contributed by atoms with Gasteiger partial charge in [-0.1, -0.05) is 50.2 Å². The number of nitrogens with two attached hydrogens (primary N) is 1. The van der Waals surface area contributed by atoms with Crippen LogP contribution in [0, 0.1) is 6.92 Å². The van der Waals surface area contributed by atoms with Crippen molar-refractivity contribution in [3.05, 3.63) is 65.2 Å². The number of anilines is 1. The van der Waals surface area contributed by atoms with Crippen molar-refractivity contribution in [1.29, 1.82) is 0 Å². The third kappa shape index (κ3) is 4.08. The SMILES string of the molecule is Cc1ccccc1CN(C)CC(C)(C)c1ccc(N)cc1. The Morgan fingerprint density at radius 2 is 1.62 bits per heavy atom. The van der Waals surface area contributed by atoms with Gasteiger partial charge in [-0.05, 0) is 42.8 Å². The molecule has 0 bridgehead atoms. The molecule has 0 atom stereocenters. The second-order valence-electron chi connectivity index (χ2n) is 6.60. The summed E-state index contributed by atoms with van der Waals surface area (Å²) in [6.45, 7) is 8.73. The lowest BCUT2D eigenvalue weighted by Gasteiger charge is -2.31. The maximum absolute atomic E-state index is 5.78. The van der Waals surface area contributed by atoms with Crippen molar-refractivity contribution < 1.29 is 0 Å². The summed E-state index contributed by atoms with van der Waals surface area (Å²) in [5, 5.41) is 0. The molecule has 2 aromatic carbocycles. The van der Waals surface area contributed by atoms with Gasteiger partial charge in [-0.3, -0.25) is 0 Å². The molecule has 0 aliphatic rings. The fourth-order valence-corrected chi connectivity index (χ4v) is 2.83. The molecule has 2 heteroatoms. The Morgan fingerprint density at radius 3 is 2.24 bits per heavy atom. The van der Waals surface area contributed by atoms with E-state index in [-0.39, 0.29) is 5.41 Å². The van der Waals surface area contributed by atoms with E-state index in [0.29, 0.717) is 0 Å². The number of nitrogens with zero attached hydrogens (tertiary/aromatic N) is 1. The predicted octanol–water partition coefficient (Wildman–Crippen LogP) is 3.99. The van der Waals surface area contributed by atoms with Gasteiger partial charge < -0.3 is 10.6 Å². The molecule has 0 fully saturated rings. The van der Waals surface area contributed by atoms with Gasteiger partial charge in [0.1, 0.15) is 0 Å². The molecule has 2 N–H and O–H groups in total. The first-order valence-electron chi connectivity index (χ1n) is 7.47. The van der Waals surface area contributed by atoms with E-state index in [1.54, 1.807) is 0 Å². The molecule has 0 saturated carbocycles. The Kier molecular flexibility index (Phi) is 4.69. The minimum absolute atomic E-state index is 0.102. The number of nitrogen functional groups attached to an aromatic ring is 1. The Morgan fingerprint density at radius 1 is 1.00 bits per heavy atom. The molecular formula is C19H26N2. The van der Waals surface area contributed by atoms with Gasteiger partial charge in [0.25, 0.3) is 0 Å². The van der Waals surface area contributed by atoms with E-state index >= 15 is 0 Å². The van der Waals surface area contributed by atoms with E-state index < -0.39 is 0 Å². The van der Waals surface area contributed by atoms with Crippen molar-refractivity contribution in [1.82, 2.24) is 4.90 Å². The second kappa shape index (κ2) is 6.31. The third-order valence-corrected chi connectivity index (χ3v) is 4.06. The Labute approximate surface area is 128 Å². The highest BCUT2D eigenvalue weighted by atomic mass is 15.1. The highest BCUT2D eigenvalue weighted by molar-refractivity contribution is 5.41. The molecule has 2 nitrogen and oxygen atoms in total. The van der Waals surface area contributed by atoms with E-state index in [0.717, 1.165) is 18.8 Å².